The van der Waals surface area contributed by atoms with Gasteiger partial charge in [-0.15, -0.1) is 11.6 Å². The number of hydrogen-bond donors (Lipinski definition) is 0. The van der Waals surface area contributed by atoms with E-state index >= 15 is 0 Å². The summed E-state index contributed by atoms with van der Waals surface area (Å²) in [5.41, 5.74) is 1.11. The fourth-order valence-electron chi connectivity index (χ4n) is 1.39. The molecule has 0 aromatic carbocycles. The summed E-state index contributed by atoms with van der Waals surface area (Å²) in [5, 5.41) is 0. The Morgan fingerprint density at radius 3 is 2.85 bits per heavy atom. The maximum Gasteiger partial charge on any atom is 0.133 e. The molecule has 0 spiro atoms. The number of nitrogens with zero attached hydrogens (tertiary/aromatic N) is 2. The zero-order valence-electron chi connectivity index (χ0n) is 7.13. The minimum Gasteiger partial charge on any atom is -0.356 e. The van der Waals surface area contributed by atoms with Crippen molar-refractivity contribution in [1.29, 1.82) is 0 Å². The van der Waals surface area contributed by atoms with Crippen LogP contribution in [0.2, 0.25) is 0 Å². The van der Waals surface area contributed by atoms with Gasteiger partial charge in [-0.3, -0.25) is 0 Å². The second-order valence-corrected chi connectivity index (χ2v) is 4.29. The average molecular weight is 262 g/mol. The van der Waals surface area contributed by atoms with Crippen LogP contribution in [0.25, 0.3) is 0 Å². The van der Waals surface area contributed by atoms with E-state index in [9.17, 15) is 0 Å². The van der Waals surface area contributed by atoms with Crippen LogP contribution in [0.4, 0.5) is 5.82 Å². The number of rotatable bonds is 2. The van der Waals surface area contributed by atoms with Crippen molar-refractivity contribution in [3.63, 3.8) is 0 Å². The fraction of sp³-hybridized carbons (Fsp3) is 0.444. The Labute approximate surface area is 91.0 Å². The van der Waals surface area contributed by atoms with Crippen LogP contribution in [0, 0.1) is 0 Å². The van der Waals surface area contributed by atoms with Gasteiger partial charge >= 0.3 is 0 Å². The molecule has 1 aliphatic heterocycles. The maximum atomic E-state index is 5.84. The van der Waals surface area contributed by atoms with E-state index in [1.165, 1.54) is 6.42 Å². The Morgan fingerprint density at radius 1 is 1.54 bits per heavy atom. The molecular formula is C9H10BrClN2. The van der Waals surface area contributed by atoms with Crippen molar-refractivity contribution < 1.29 is 0 Å². The average Bonchev–Trinajstić information content (AvgIpc) is 2.05. The molecule has 1 saturated heterocycles. The van der Waals surface area contributed by atoms with E-state index in [4.69, 9.17) is 11.6 Å². The molecule has 0 bridgehead atoms. The maximum absolute atomic E-state index is 5.84. The summed E-state index contributed by atoms with van der Waals surface area (Å²) in [6, 6.07) is 2.04. The van der Waals surface area contributed by atoms with Gasteiger partial charge in [0.15, 0.2) is 0 Å². The van der Waals surface area contributed by atoms with E-state index in [0.717, 1.165) is 28.9 Å². The molecule has 2 rings (SSSR count). The molecule has 0 aliphatic carbocycles. The molecule has 0 amide bonds. The lowest BCUT2D eigenvalue weighted by Crippen LogP contribution is -2.38. The molecule has 0 N–H and O–H groups in total. The summed E-state index contributed by atoms with van der Waals surface area (Å²) in [5.74, 6) is 1.57. The fourth-order valence-corrected chi connectivity index (χ4v) is 1.96. The Hall–Kier alpha value is -0.280. The van der Waals surface area contributed by atoms with Gasteiger partial charge in [0.2, 0.25) is 0 Å². The van der Waals surface area contributed by atoms with E-state index in [1.807, 2.05) is 12.3 Å². The first kappa shape index (κ1) is 9.28. The molecule has 0 atom stereocenters. The third-order valence-corrected chi connectivity index (χ3v) is 2.93. The molecular weight excluding hydrogens is 251 g/mol. The SMILES string of the molecule is ClCc1cc(Br)cnc1N1CCC1. The van der Waals surface area contributed by atoms with Crippen LogP contribution in [-0.2, 0) is 5.88 Å². The lowest BCUT2D eigenvalue weighted by Gasteiger charge is -2.33. The predicted octanol–water partition coefficient (Wildman–Crippen LogP) is 2.79. The van der Waals surface area contributed by atoms with Crippen LogP contribution >= 0.6 is 27.5 Å². The standard InChI is InChI=1S/C9H10BrClN2/c10-8-4-7(5-11)9(12-6-8)13-2-1-3-13/h4,6H,1-3,5H2. The van der Waals surface area contributed by atoms with E-state index < -0.39 is 0 Å². The van der Waals surface area contributed by atoms with Crippen molar-refractivity contribution >= 4 is 33.3 Å². The van der Waals surface area contributed by atoms with Crippen molar-refractivity contribution in [1.82, 2.24) is 4.98 Å². The third kappa shape index (κ3) is 1.81. The lowest BCUT2D eigenvalue weighted by atomic mass is 10.2. The first-order valence-electron chi connectivity index (χ1n) is 4.26. The highest BCUT2D eigenvalue weighted by atomic mass is 79.9. The van der Waals surface area contributed by atoms with Gasteiger partial charge < -0.3 is 4.90 Å². The molecule has 70 valence electrons. The lowest BCUT2D eigenvalue weighted by molar-refractivity contribution is 0.607. The van der Waals surface area contributed by atoms with Gasteiger partial charge in [-0.25, -0.2) is 4.98 Å². The molecule has 0 saturated carbocycles. The highest BCUT2D eigenvalue weighted by Gasteiger charge is 2.18. The zero-order valence-corrected chi connectivity index (χ0v) is 9.48. The summed E-state index contributed by atoms with van der Waals surface area (Å²) < 4.78 is 0.993. The normalized spacial score (nSPS) is 15.7. The van der Waals surface area contributed by atoms with Gasteiger partial charge in [0.05, 0.1) is 5.88 Å². The van der Waals surface area contributed by atoms with Crippen molar-refractivity contribution in [2.75, 3.05) is 18.0 Å². The van der Waals surface area contributed by atoms with Crippen LogP contribution in [0.5, 0.6) is 0 Å². The highest BCUT2D eigenvalue weighted by molar-refractivity contribution is 9.10. The minimum absolute atomic E-state index is 0.526. The highest BCUT2D eigenvalue weighted by Crippen LogP contribution is 2.26. The van der Waals surface area contributed by atoms with Gasteiger partial charge in [-0.1, -0.05) is 0 Å². The third-order valence-electron chi connectivity index (χ3n) is 2.21. The summed E-state index contributed by atoms with van der Waals surface area (Å²) in [6.45, 7) is 2.22. The van der Waals surface area contributed by atoms with E-state index in [-0.39, 0.29) is 0 Å². The molecule has 1 fully saturated rings. The molecule has 2 heterocycles. The van der Waals surface area contributed by atoms with Gasteiger partial charge in [-0.2, -0.15) is 0 Å². The molecule has 1 aromatic heterocycles. The predicted molar refractivity (Wildman–Crippen MR) is 58.3 cm³/mol. The summed E-state index contributed by atoms with van der Waals surface area (Å²) in [6.07, 6.45) is 3.09. The minimum atomic E-state index is 0.526. The molecule has 1 aromatic rings. The van der Waals surface area contributed by atoms with Gasteiger partial charge in [0.1, 0.15) is 5.82 Å². The second kappa shape index (κ2) is 3.84. The number of halogens is 2. The number of hydrogen-bond acceptors (Lipinski definition) is 2. The largest absolute Gasteiger partial charge is 0.356 e. The van der Waals surface area contributed by atoms with Gasteiger partial charge in [0, 0.05) is 29.3 Å². The topological polar surface area (TPSA) is 16.1 Å². The molecule has 4 heteroatoms. The molecule has 0 radical (unpaired) electrons. The van der Waals surface area contributed by atoms with Gasteiger partial charge in [0.25, 0.3) is 0 Å². The number of aromatic nitrogens is 1. The van der Waals surface area contributed by atoms with Crippen LogP contribution in [-0.4, -0.2) is 18.1 Å². The first-order valence-corrected chi connectivity index (χ1v) is 5.59. The molecule has 1 aliphatic rings. The van der Waals surface area contributed by atoms with Crippen LogP contribution < -0.4 is 4.90 Å². The Bertz CT molecular complexity index is 312. The van der Waals surface area contributed by atoms with Gasteiger partial charge in [-0.05, 0) is 28.4 Å². The first-order chi connectivity index (χ1) is 6.31. The molecule has 0 unspecified atom stereocenters. The Balaban J connectivity index is 2.32. The number of alkyl halides is 1. The van der Waals surface area contributed by atoms with Crippen LogP contribution in [0.3, 0.4) is 0 Å². The quantitative estimate of drug-likeness (QED) is 0.761. The van der Waals surface area contributed by atoms with Crippen LogP contribution in [0.15, 0.2) is 16.7 Å². The second-order valence-electron chi connectivity index (χ2n) is 3.11. The summed E-state index contributed by atoms with van der Waals surface area (Å²) in [4.78, 5) is 6.62. The monoisotopic (exact) mass is 260 g/mol. The van der Waals surface area contributed by atoms with E-state index in [2.05, 4.69) is 25.8 Å². The summed E-state index contributed by atoms with van der Waals surface area (Å²) in [7, 11) is 0. The molecule has 13 heavy (non-hydrogen) atoms. The smallest absolute Gasteiger partial charge is 0.133 e. The number of anilines is 1. The zero-order chi connectivity index (χ0) is 9.26. The van der Waals surface area contributed by atoms with Crippen molar-refractivity contribution in [2.24, 2.45) is 0 Å². The van der Waals surface area contributed by atoms with Crippen LogP contribution in [0.1, 0.15) is 12.0 Å². The molecule has 2 nitrogen and oxygen atoms in total. The number of pyridine rings is 1. The van der Waals surface area contributed by atoms with Crippen molar-refractivity contribution in [2.45, 2.75) is 12.3 Å². The Kier molecular flexibility index (Phi) is 2.74. The van der Waals surface area contributed by atoms with Crippen molar-refractivity contribution in [3.8, 4) is 0 Å². The summed E-state index contributed by atoms with van der Waals surface area (Å²) >= 11 is 9.23. The Morgan fingerprint density at radius 2 is 2.31 bits per heavy atom. The van der Waals surface area contributed by atoms with Crippen molar-refractivity contribution in [3.05, 3.63) is 22.3 Å². The van der Waals surface area contributed by atoms with E-state index in [1.54, 1.807) is 0 Å². The van der Waals surface area contributed by atoms with E-state index in [0.29, 0.717) is 5.88 Å².